The van der Waals surface area contributed by atoms with E-state index in [-0.39, 0.29) is 18.1 Å². The molecule has 0 saturated heterocycles. The van der Waals surface area contributed by atoms with Crippen LogP contribution in [0.5, 0.6) is 0 Å². The van der Waals surface area contributed by atoms with E-state index in [9.17, 15) is 4.79 Å². The summed E-state index contributed by atoms with van der Waals surface area (Å²) in [6, 6.07) is 7.96. The first-order chi connectivity index (χ1) is 11.0. The summed E-state index contributed by atoms with van der Waals surface area (Å²) in [4.78, 5) is 14.5. The Morgan fingerprint density at radius 3 is 3.00 bits per heavy atom. The number of rotatable bonds is 3. The molecule has 1 aromatic carbocycles. The highest BCUT2D eigenvalue weighted by atomic mass is 79.9. The van der Waals surface area contributed by atoms with Crippen molar-refractivity contribution in [3.63, 3.8) is 0 Å². The smallest absolute Gasteiger partial charge is 0.274 e. The summed E-state index contributed by atoms with van der Waals surface area (Å²) < 4.78 is 6.78. The zero-order chi connectivity index (χ0) is 16.6. The minimum Gasteiger partial charge on any atom is -0.369 e. The topological polar surface area (TPSA) is 58.2 Å². The van der Waals surface area contributed by atoms with Crippen molar-refractivity contribution in [2.45, 2.75) is 39.0 Å². The van der Waals surface area contributed by atoms with Crippen molar-refractivity contribution in [1.29, 1.82) is 0 Å². The molecule has 1 aliphatic heterocycles. The fraction of sp³-hybridized carbons (Fsp3) is 0.412. The molecule has 1 amide bonds. The monoisotopic (exact) mass is 377 g/mol. The van der Waals surface area contributed by atoms with Crippen LogP contribution in [0.25, 0.3) is 0 Å². The van der Waals surface area contributed by atoms with Crippen molar-refractivity contribution in [2.75, 3.05) is 7.05 Å². The maximum absolute atomic E-state index is 12.8. The van der Waals surface area contributed by atoms with E-state index in [1.165, 1.54) is 0 Å². The Labute approximate surface area is 144 Å². The Morgan fingerprint density at radius 2 is 2.26 bits per heavy atom. The molecule has 0 radical (unpaired) electrons. The molecule has 0 saturated carbocycles. The van der Waals surface area contributed by atoms with E-state index in [0.29, 0.717) is 18.7 Å². The number of nitrogens with zero attached hydrogens (tertiary/aromatic N) is 2. The van der Waals surface area contributed by atoms with Crippen LogP contribution in [-0.2, 0) is 17.7 Å². The maximum atomic E-state index is 12.8. The highest BCUT2D eigenvalue weighted by Crippen LogP contribution is 2.30. The summed E-state index contributed by atoms with van der Waals surface area (Å²) in [7, 11) is 1.80. The van der Waals surface area contributed by atoms with Gasteiger partial charge in [-0.15, -0.1) is 0 Å². The molecule has 1 N–H and O–H groups in total. The lowest BCUT2D eigenvalue weighted by molar-refractivity contribution is -0.00701. The molecule has 23 heavy (non-hydrogen) atoms. The number of halogens is 1. The van der Waals surface area contributed by atoms with Crippen LogP contribution in [0.2, 0.25) is 0 Å². The van der Waals surface area contributed by atoms with E-state index in [1.54, 1.807) is 11.9 Å². The van der Waals surface area contributed by atoms with Gasteiger partial charge >= 0.3 is 0 Å². The number of amides is 1. The average Bonchev–Trinajstić information content (AvgIpc) is 2.90. The van der Waals surface area contributed by atoms with Crippen LogP contribution >= 0.6 is 15.9 Å². The van der Waals surface area contributed by atoms with Crippen molar-refractivity contribution in [1.82, 2.24) is 15.1 Å². The van der Waals surface area contributed by atoms with Crippen molar-refractivity contribution >= 4 is 21.8 Å². The molecule has 122 valence electrons. The second-order valence-electron chi connectivity index (χ2n) is 6.05. The molecular formula is C17H20BrN3O2. The number of carbonyl (C=O) groups excluding carboxylic acids is 1. The standard InChI is InChI=1S/C17H20BrN3O2/c1-10-7-14-15(11(2)23-10)19-20-16(14)17(22)21(3)9-12-5-4-6-13(18)8-12/h4-6,8,10-11H,7,9H2,1-3H3,(H,19,20)/t10-,11+/m1/s1. The van der Waals surface area contributed by atoms with Gasteiger partial charge < -0.3 is 9.64 Å². The summed E-state index contributed by atoms with van der Waals surface area (Å²) >= 11 is 3.46. The van der Waals surface area contributed by atoms with Crippen molar-refractivity contribution < 1.29 is 9.53 Å². The molecular weight excluding hydrogens is 358 g/mol. The Bertz CT molecular complexity index is 728. The van der Waals surface area contributed by atoms with Crippen LogP contribution in [0.1, 0.15) is 47.3 Å². The number of nitrogens with one attached hydrogen (secondary N) is 1. The number of H-pyrrole nitrogens is 1. The Hall–Kier alpha value is -1.66. The third-order valence-electron chi connectivity index (χ3n) is 4.09. The highest BCUT2D eigenvalue weighted by Gasteiger charge is 2.30. The van der Waals surface area contributed by atoms with Crippen molar-refractivity contribution in [2.24, 2.45) is 0 Å². The number of fused-ring (bicyclic) bond motifs is 1. The van der Waals surface area contributed by atoms with Crippen molar-refractivity contribution in [3.8, 4) is 0 Å². The zero-order valence-corrected chi connectivity index (χ0v) is 15.1. The largest absolute Gasteiger partial charge is 0.369 e. The fourth-order valence-corrected chi connectivity index (χ4v) is 3.46. The lowest BCUT2D eigenvalue weighted by Crippen LogP contribution is -2.29. The predicted molar refractivity (Wildman–Crippen MR) is 91.2 cm³/mol. The van der Waals surface area contributed by atoms with E-state index in [2.05, 4.69) is 26.1 Å². The number of hydrogen-bond acceptors (Lipinski definition) is 3. The molecule has 1 aromatic heterocycles. The first kappa shape index (κ1) is 16.2. The van der Waals surface area contributed by atoms with Crippen molar-refractivity contribution in [3.05, 3.63) is 51.3 Å². The second-order valence-corrected chi connectivity index (χ2v) is 6.96. The lowest BCUT2D eigenvalue weighted by atomic mass is 9.99. The van der Waals surface area contributed by atoms with Gasteiger partial charge in [0, 0.05) is 30.0 Å². The summed E-state index contributed by atoms with van der Waals surface area (Å²) in [5.74, 6) is -0.0659. The van der Waals surface area contributed by atoms with E-state index in [0.717, 1.165) is 21.3 Å². The molecule has 0 aliphatic carbocycles. The molecule has 0 fully saturated rings. The number of aromatic nitrogens is 2. The van der Waals surface area contributed by atoms with Gasteiger partial charge in [0.2, 0.25) is 0 Å². The first-order valence-corrected chi connectivity index (χ1v) is 8.47. The SMILES string of the molecule is C[C@@H]1Cc2c(C(=O)N(C)Cc3cccc(Br)c3)n[nH]c2[C@H](C)O1. The minimum absolute atomic E-state index is 0.0572. The third-order valence-corrected chi connectivity index (χ3v) is 4.58. The zero-order valence-electron chi connectivity index (χ0n) is 13.5. The Kier molecular flexibility index (Phi) is 4.55. The van der Waals surface area contributed by atoms with Crippen LogP contribution in [0.3, 0.4) is 0 Å². The van der Waals surface area contributed by atoms with Crippen LogP contribution in [-0.4, -0.2) is 34.2 Å². The van der Waals surface area contributed by atoms with E-state index in [1.807, 2.05) is 38.1 Å². The van der Waals surface area contributed by atoms with Gasteiger partial charge in [-0.25, -0.2) is 0 Å². The molecule has 1 aliphatic rings. The van der Waals surface area contributed by atoms with Gasteiger partial charge in [0.1, 0.15) is 0 Å². The molecule has 2 atom stereocenters. The highest BCUT2D eigenvalue weighted by molar-refractivity contribution is 9.10. The first-order valence-electron chi connectivity index (χ1n) is 7.68. The van der Waals surface area contributed by atoms with E-state index >= 15 is 0 Å². The van der Waals surface area contributed by atoms with Crippen LogP contribution < -0.4 is 0 Å². The molecule has 6 heteroatoms. The molecule has 2 aromatic rings. The third kappa shape index (κ3) is 3.33. The minimum atomic E-state index is -0.0659. The van der Waals surface area contributed by atoms with E-state index in [4.69, 9.17) is 4.74 Å². The summed E-state index contributed by atoms with van der Waals surface area (Å²) in [6.07, 6.45) is 0.748. The average molecular weight is 378 g/mol. The summed E-state index contributed by atoms with van der Waals surface area (Å²) in [5, 5.41) is 7.23. The number of ether oxygens (including phenoxy) is 1. The molecule has 0 unspecified atom stereocenters. The van der Waals surface area contributed by atoms with Crippen LogP contribution in [0.4, 0.5) is 0 Å². The molecule has 0 spiro atoms. The number of carbonyl (C=O) groups is 1. The molecule has 5 nitrogen and oxygen atoms in total. The van der Waals surface area contributed by atoms with Crippen LogP contribution in [0, 0.1) is 0 Å². The van der Waals surface area contributed by atoms with Gasteiger partial charge in [0.05, 0.1) is 17.9 Å². The van der Waals surface area contributed by atoms with Gasteiger partial charge in [0.15, 0.2) is 5.69 Å². The Morgan fingerprint density at radius 1 is 1.48 bits per heavy atom. The van der Waals surface area contributed by atoms with E-state index < -0.39 is 0 Å². The number of aromatic amines is 1. The van der Waals surface area contributed by atoms with Gasteiger partial charge in [-0.2, -0.15) is 5.10 Å². The number of benzene rings is 1. The molecule has 3 rings (SSSR count). The Balaban J connectivity index is 1.81. The van der Waals surface area contributed by atoms with Gasteiger partial charge in [-0.1, -0.05) is 28.1 Å². The van der Waals surface area contributed by atoms with Gasteiger partial charge in [-0.3, -0.25) is 9.89 Å². The quantitative estimate of drug-likeness (QED) is 0.890. The number of hydrogen-bond donors (Lipinski definition) is 1. The van der Waals surface area contributed by atoms with Crippen LogP contribution in [0.15, 0.2) is 28.7 Å². The second kappa shape index (κ2) is 6.45. The predicted octanol–water partition coefficient (Wildman–Crippen LogP) is 3.47. The van der Waals surface area contributed by atoms with Gasteiger partial charge in [0.25, 0.3) is 5.91 Å². The normalized spacial score (nSPS) is 20.2. The lowest BCUT2D eigenvalue weighted by Gasteiger charge is -2.25. The summed E-state index contributed by atoms with van der Waals surface area (Å²) in [5.41, 5.74) is 3.49. The molecule has 0 bridgehead atoms. The maximum Gasteiger partial charge on any atom is 0.274 e. The molecule has 2 heterocycles. The fourth-order valence-electron chi connectivity index (χ4n) is 3.01. The van der Waals surface area contributed by atoms with Gasteiger partial charge in [-0.05, 0) is 31.5 Å². The summed E-state index contributed by atoms with van der Waals surface area (Å²) in [6.45, 7) is 4.54.